The van der Waals surface area contributed by atoms with Gasteiger partial charge < -0.3 is 14.8 Å². The molecule has 1 aliphatic rings. The topological polar surface area (TPSA) is 88.5 Å². The van der Waals surface area contributed by atoms with E-state index in [0.29, 0.717) is 25.9 Å². The molecule has 140 valence electrons. The number of carbonyl (C=O) groups excluding carboxylic acids is 2. The molecule has 0 bridgehead atoms. The Morgan fingerprint density at radius 2 is 1.85 bits per heavy atom. The maximum atomic E-state index is 12.6. The first-order valence-corrected chi connectivity index (χ1v) is 10.4. The molecule has 7 nitrogen and oxygen atoms in total. The molecular weight excluding hydrogens is 354 g/mol. The van der Waals surface area contributed by atoms with Crippen LogP contribution in [0.3, 0.4) is 0 Å². The molecule has 1 aromatic carbocycles. The van der Waals surface area contributed by atoms with Crippen molar-refractivity contribution in [1.29, 1.82) is 0 Å². The van der Waals surface area contributed by atoms with Crippen molar-refractivity contribution in [2.75, 3.05) is 25.9 Å². The fraction of sp³-hybridized carbons (Fsp3) is 0.444. The Morgan fingerprint density at radius 3 is 2.54 bits per heavy atom. The van der Waals surface area contributed by atoms with Crippen molar-refractivity contribution in [3.8, 4) is 0 Å². The molecule has 8 heteroatoms. The molecule has 1 fully saturated rings. The Bertz CT molecular complexity index is 911. The second kappa shape index (κ2) is 7.49. The van der Waals surface area contributed by atoms with Crippen molar-refractivity contribution < 1.29 is 18.0 Å². The third kappa shape index (κ3) is 3.90. The van der Waals surface area contributed by atoms with Crippen LogP contribution in [-0.4, -0.2) is 60.8 Å². The summed E-state index contributed by atoms with van der Waals surface area (Å²) in [5.41, 5.74) is 1.00. The first kappa shape index (κ1) is 18.4. The van der Waals surface area contributed by atoms with E-state index in [1.54, 1.807) is 4.90 Å². The second-order valence-corrected chi connectivity index (χ2v) is 8.84. The highest BCUT2D eigenvalue weighted by Crippen LogP contribution is 2.20. The summed E-state index contributed by atoms with van der Waals surface area (Å²) in [5, 5.41) is 2.86. The van der Waals surface area contributed by atoms with Crippen molar-refractivity contribution in [2.45, 2.75) is 24.6 Å². The minimum atomic E-state index is -3.48. The number of amides is 2. The zero-order valence-electron chi connectivity index (χ0n) is 14.7. The van der Waals surface area contributed by atoms with Crippen molar-refractivity contribution in [3.05, 3.63) is 36.5 Å². The van der Waals surface area contributed by atoms with Crippen LogP contribution in [0.15, 0.2) is 36.5 Å². The van der Waals surface area contributed by atoms with Crippen LogP contribution in [0.4, 0.5) is 0 Å². The summed E-state index contributed by atoms with van der Waals surface area (Å²) in [6.07, 6.45) is 2.64. The molecule has 0 aliphatic carbocycles. The zero-order valence-corrected chi connectivity index (χ0v) is 15.5. The van der Waals surface area contributed by atoms with Gasteiger partial charge in [0.2, 0.25) is 11.8 Å². The van der Waals surface area contributed by atoms with E-state index in [1.165, 1.54) is 7.05 Å². The maximum Gasteiger partial charge on any atom is 0.242 e. The van der Waals surface area contributed by atoms with Crippen molar-refractivity contribution in [1.82, 2.24) is 14.8 Å². The lowest BCUT2D eigenvalue weighted by molar-refractivity contribution is -0.132. The molecule has 1 saturated heterocycles. The molecule has 1 N–H and O–H groups in total. The van der Waals surface area contributed by atoms with E-state index in [4.69, 9.17) is 0 Å². The summed E-state index contributed by atoms with van der Waals surface area (Å²) in [5.74, 6) is -1.01. The first-order chi connectivity index (χ1) is 12.4. The Kier molecular flexibility index (Phi) is 5.31. The fourth-order valence-electron chi connectivity index (χ4n) is 3.36. The van der Waals surface area contributed by atoms with Gasteiger partial charge in [0.15, 0.2) is 9.84 Å². The number of para-hydroxylation sites is 1. The van der Waals surface area contributed by atoms with Gasteiger partial charge in [-0.3, -0.25) is 9.59 Å². The molecule has 0 unspecified atom stereocenters. The van der Waals surface area contributed by atoms with E-state index in [-0.39, 0.29) is 12.5 Å². The minimum absolute atomic E-state index is 0.0199. The van der Waals surface area contributed by atoms with E-state index in [0.717, 1.165) is 10.9 Å². The number of benzene rings is 1. The van der Waals surface area contributed by atoms with Crippen LogP contribution >= 0.6 is 0 Å². The number of aromatic nitrogens is 1. The van der Waals surface area contributed by atoms with E-state index in [9.17, 15) is 18.0 Å². The van der Waals surface area contributed by atoms with Gasteiger partial charge in [-0.05, 0) is 30.4 Å². The summed E-state index contributed by atoms with van der Waals surface area (Å²) in [7, 11) is -2.06. The van der Waals surface area contributed by atoms with E-state index in [2.05, 4.69) is 5.32 Å². The van der Waals surface area contributed by atoms with Gasteiger partial charge in [0.05, 0.1) is 5.25 Å². The summed E-state index contributed by atoms with van der Waals surface area (Å²) in [6.45, 7) is 1.04. The molecule has 2 aromatic rings. The predicted octanol–water partition coefficient (Wildman–Crippen LogP) is 0.793. The minimum Gasteiger partial charge on any atom is -0.358 e. The van der Waals surface area contributed by atoms with Gasteiger partial charge in [-0.15, -0.1) is 0 Å². The number of fused-ring (bicyclic) bond motifs is 1. The van der Waals surface area contributed by atoms with Crippen LogP contribution < -0.4 is 5.32 Å². The summed E-state index contributed by atoms with van der Waals surface area (Å²) < 4.78 is 26.4. The highest BCUT2D eigenvalue weighted by Gasteiger charge is 2.32. The van der Waals surface area contributed by atoms with Crippen molar-refractivity contribution >= 4 is 32.6 Å². The molecule has 0 atom stereocenters. The molecule has 0 spiro atoms. The molecule has 1 aromatic heterocycles. The Hall–Kier alpha value is -2.35. The Labute approximate surface area is 152 Å². The van der Waals surface area contributed by atoms with E-state index in [1.807, 2.05) is 41.1 Å². The number of hydrogen-bond acceptors (Lipinski definition) is 4. The number of rotatable bonds is 5. The van der Waals surface area contributed by atoms with Gasteiger partial charge in [-0.25, -0.2) is 8.42 Å². The second-order valence-electron chi connectivity index (χ2n) is 6.56. The van der Waals surface area contributed by atoms with Crippen LogP contribution in [0.1, 0.15) is 12.8 Å². The molecule has 3 rings (SSSR count). The standard InChI is InChI=1S/C18H23N3O4S/c1-19-17(22)13-26(24,25)15-7-10-20(11-8-15)18(23)12-21-9-6-14-4-2-3-5-16(14)21/h2-6,9,15H,7-8,10-13H2,1H3,(H,19,22). The number of nitrogens with zero attached hydrogens (tertiary/aromatic N) is 2. The maximum absolute atomic E-state index is 12.6. The summed E-state index contributed by atoms with van der Waals surface area (Å²) in [6, 6.07) is 9.84. The number of hydrogen-bond donors (Lipinski definition) is 1. The molecule has 2 amide bonds. The fourth-order valence-corrected chi connectivity index (χ4v) is 5.04. The third-order valence-corrected chi connectivity index (χ3v) is 7.05. The summed E-state index contributed by atoms with van der Waals surface area (Å²) in [4.78, 5) is 25.7. The quantitative estimate of drug-likeness (QED) is 0.835. The van der Waals surface area contributed by atoms with Gasteiger partial charge in [0.1, 0.15) is 12.3 Å². The lowest BCUT2D eigenvalue weighted by atomic mass is 10.1. The zero-order chi connectivity index (χ0) is 18.7. The SMILES string of the molecule is CNC(=O)CS(=O)(=O)C1CCN(C(=O)Cn2ccc3ccccc32)CC1. The van der Waals surface area contributed by atoms with Crippen LogP contribution in [0.25, 0.3) is 10.9 Å². The van der Waals surface area contributed by atoms with Crippen molar-refractivity contribution in [2.24, 2.45) is 0 Å². The molecular formula is C18H23N3O4S. The Morgan fingerprint density at radius 1 is 1.15 bits per heavy atom. The predicted molar refractivity (Wildman–Crippen MR) is 99.4 cm³/mol. The van der Waals surface area contributed by atoms with Crippen LogP contribution in [-0.2, 0) is 26.0 Å². The Balaban J connectivity index is 1.59. The van der Waals surface area contributed by atoms with Crippen LogP contribution in [0.5, 0.6) is 0 Å². The average molecular weight is 377 g/mol. The number of carbonyl (C=O) groups is 2. The van der Waals surface area contributed by atoms with E-state index < -0.39 is 26.7 Å². The smallest absolute Gasteiger partial charge is 0.242 e. The highest BCUT2D eigenvalue weighted by molar-refractivity contribution is 7.92. The third-order valence-electron chi connectivity index (χ3n) is 4.90. The normalized spacial score (nSPS) is 16.0. The largest absolute Gasteiger partial charge is 0.358 e. The first-order valence-electron chi connectivity index (χ1n) is 8.64. The number of piperidine rings is 1. The van der Waals surface area contributed by atoms with Crippen LogP contribution in [0, 0.1) is 0 Å². The van der Waals surface area contributed by atoms with Crippen LogP contribution in [0.2, 0.25) is 0 Å². The summed E-state index contributed by atoms with van der Waals surface area (Å²) >= 11 is 0. The lowest BCUT2D eigenvalue weighted by Crippen LogP contribution is -2.45. The molecule has 26 heavy (non-hydrogen) atoms. The van der Waals surface area contributed by atoms with E-state index >= 15 is 0 Å². The van der Waals surface area contributed by atoms with Gasteiger partial charge in [-0.2, -0.15) is 0 Å². The monoisotopic (exact) mass is 377 g/mol. The van der Waals surface area contributed by atoms with Gasteiger partial charge in [0.25, 0.3) is 0 Å². The molecule has 0 radical (unpaired) electrons. The number of nitrogens with one attached hydrogen (secondary N) is 1. The van der Waals surface area contributed by atoms with Gasteiger partial charge in [0, 0.05) is 31.9 Å². The molecule has 2 heterocycles. The average Bonchev–Trinajstić information content (AvgIpc) is 3.04. The van der Waals surface area contributed by atoms with Gasteiger partial charge in [-0.1, -0.05) is 18.2 Å². The molecule has 0 saturated carbocycles. The highest BCUT2D eigenvalue weighted by atomic mass is 32.2. The van der Waals surface area contributed by atoms with Gasteiger partial charge >= 0.3 is 0 Å². The molecule has 1 aliphatic heterocycles. The lowest BCUT2D eigenvalue weighted by Gasteiger charge is -2.31. The number of sulfone groups is 1. The number of likely N-dealkylation sites (tertiary alicyclic amines) is 1. The van der Waals surface area contributed by atoms with Crippen molar-refractivity contribution in [3.63, 3.8) is 0 Å².